The average Bonchev–Trinajstić information content (AvgIpc) is 2.84. The number of benzene rings is 1. The Balaban J connectivity index is 2.30. The van der Waals surface area contributed by atoms with Crippen molar-refractivity contribution in [2.24, 2.45) is 5.84 Å². The Morgan fingerprint density at radius 1 is 1.33 bits per heavy atom. The van der Waals surface area contributed by atoms with Crippen molar-refractivity contribution in [3.8, 4) is 0 Å². The van der Waals surface area contributed by atoms with Crippen molar-refractivity contribution in [2.75, 3.05) is 0 Å². The fraction of sp³-hybridized carbons (Fsp3) is 0.167. The molecular formula is C12H11ClF2N2S. The molecule has 3 N–H and O–H groups in total. The molecule has 0 fully saturated rings. The van der Waals surface area contributed by atoms with Crippen LogP contribution in [0.4, 0.5) is 8.78 Å². The van der Waals surface area contributed by atoms with Gasteiger partial charge in [0.25, 0.3) is 0 Å². The van der Waals surface area contributed by atoms with Crippen LogP contribution < -0.4 is 11.3 Å². The van der Waals surface area contributed by atoms with Gasteiger partial charge in [-0.25, -0.2) is 8.78 Å². The minimum atomic E-state index is -0.653. The van der Waals surface area contributed by atoms with Crippen LogP contribution in [-0.4, -0.2) is 0 Å². The van der Waals surface area contributed by atoms with Gasteiger partial charge in [-0.3, -0.25) is 11.3 Å². The van der Waals surface area contributed by atoms with E-state index in [0.29, 0.717) is 6.42 Å². The van der Waals surface area contributed by atoms with Crippen LogP contribution in [0, 0.1) is 11.6 Å². The van der Waals surface area contributed by atoms with Gasteiger partial charge < -0.3 is 0 Å². The zero-order valence-electron chi connectivity index (χ0n) is 9.29. The van der Waals surface area contributed by atoms with Crippen molar-refractivity contribution in [3.05, 3.63) is 56.7 Å². The topological polar surface area (TPSA) is 38.0 Å². The van der Waals surface area contributed by atoms with Gasteiger partial charge in [-0.05, 0) is 23.6 Å². The summed E-state index contributed by atoms with van der Waals surface area (Å²) in [5, 5.41) is 1.69. The highest BCUT2D eigenvalue weighted by Gasteiger charge is 2.18. The third-order valence-electron chi connectivity index (χ3n) is 2.60. The summed E-state index contributed by atoms with van der Waals surface area (Å²) in [6.45, 7) is 0. The Morgan fingerprint density at radius 2 is 2.11 bits per heavy atom. The second kappa shape index (κ2) is 5.75. The van der Waals surface area contributed by atoms with Crippen LogP contribution in [0.25, 0.3) is 0 Å². The van der Waals surface area contributed by atoms with Crippen LogP contribution in [0.15, 0.2) is 29.6 Å². The van der Waals surface area contributed by atoms with E-state index < -0.39 is 17.7 Å². The Hall–Kier alpha value is -1.01. The van der Waals surface area contributed by atoms with Crippen LogP contribution in [0.5, 0.6) is 0 Å². The molecule has 0 aliphatic rings. The summed E-state index contributed by atoms with van der Waals surface area (Å²) in [4.78, 5) is 1.03. The van der Waals surface area contributed by atoms with Crippen LogP contribution in [0.3, 0.4) is 0 Å². The molecule has 0 aliphatic carbocycles. The molecule has 2 rings (SSSR count). The molecule has 1 heterocycles. The van der Waals surface area contributed by atoms with Crippen molar-refractivity contribution in [1.29, 1.82) is 0 Å². The van der Waals surface area contributed by atoms with Gasteiger partial charge in [0.1, 0.15) is 11.6 Å². The number of hydrogen-bond donors (Lipinski definition) is 2. The van der Waals surface area contributed by atoms with Gasteiger partial charge in [-0.2, -0.15) is 0 Å². The lowest BCUT2D eigenvalue weighted by Crippen LogP contribution is -2.30. The molecule has 0 spiro atoms. The molecule has 0 saturated carbocycles. The Morgan fingerprint density at radius 3 is 2.72 bits per heavy atom. The molecule has 0 aliphatic heterocycles. The Bertz CT molecular complexity index is 531. The smallest absolute Gasteiger partial charge is 0.142 e. The van der Waals surface area contributed by atoms with Crippen LogP contribution >= 0.6 is 22.9 Å². The van der Waals surface area contributed by atoms with E-state index in [1.807, 2.05) is 17.5 Å². The standard InChI is InChI=1S/C12H11ClF2N2S/c13-9-6-10(14)8(5-11(9)15)12(17-16)4-7-2-1-3-18-7/h1-3,5-6,12,17H,4,16H2. The largest absolute Gasteiger partial charge is 0.271 e. The average molecular weight is 289 g/mol. The molecule has 0 amide bonds. The monoisotopic (exact) mass is 288 g/mol. The Kier molecular flexibility index (Phi) is 4.29. The summed E-state index contributed by atoms with van der Waals surface area (Å²) < 4.78 is 27.1. The second-order valence-electron chi connectivity index (χ2n) is 3.79. The summed E-state index contributed by atoms with van der Waals surface area (Å²) in [5.41, 5.74) is 2.67. The molecule has 0 bridgehead atoms. The maximum Gasteiger partial charge on any atom is 0.142 e. The van der Waals surface area contributed by atoms with E-state index in [0.717, 1.165) is 17.0 Å². The van der Waals surface area contributed by atoms with Crippen molar-refractivity contribution in [2.45, 2.75) is 12.5 Å². The SMILES string of the molecule is NNC(Cc1cccs1)c1cc(F)c(Cl)cc1F. The summed E-state index contributed by atoms with van der Waals surface area (Å²) in [7, 11) is 0. The first-order valence-corrected chi connectivity index (χ1v) is 6.50. The Labute approximate surface area is 112 Å². The minimum absolute atomic E-state index is 0.174. The number of hydrogen-bond acceptors (Lipinski definition) is 3. The first-order chi connectivity index (χ1) is 8.61. The number of rotatable bonds is 4. The third kappa shape index (κ3) is 2.87. The number of hydrazine groups is 1. The molecule has 2 aromatic rings. The molecular weight excluding hydrogens is 278 g/mol. The summed E-state index contributed by atoms with van der Waals surface area (Å²) in [6, 6.07) is 5.36. The van der Waals surface area contributed by atoms with E-state index in [4.69, 9.17) is 17.4 Å². The highest BCUT2D eigenvalue weighted by molar-refractivity contribution is 7.09. The quantitative estimate of drug-likeness (QED) is 0.514. The van der Waals surface area contributed by atoms with Crippen molar-refractivity contribution >= 4 is 22.9 Å². The molecule has 6 heteroatoms. The van der Waals surface area contributed by atoms with Crippen LogP contribution in [0.2, 0.25) is 5.02 Å². The van der Waals surface area contributed by atoms with E-state index >= 15 is 0 Å². The molecule has 2 nitrogen and oxygen atoms in total. The van der Waals surface area contributed by atoms with Crippen LogP contribution in [-0.2, 0) is 6.42 Å². The fourth-order valence-corrected chi connectivity index (χ4v) is 2.60. The van der Waals surface area contributed by atoms with Gasteiger partial charge in [0.05, 0.1) is 11.1 Å². The molecule has 96 valence electrons. The number of thiophene rings is 1. The molecule has 1 aromatic carbocycles. The van der Waals surface area contributed by atoms with E-state index in [1.54, 1.807) is 0 Å². The lowest BCUT2D eigenvalue weighted by atomic mass is 10.0. The van der Waals surface area contributed by atoms with E-state index in [-0.39, 0.29) is 10.6 Å². The van der Waals surface area contributed by atoms with Gasteiger partial charge in [0.2, 0.25) is 0 Å². The van der Waals surface area contributed by atoms with Gasteiger partial charge >= 0.3 is 0 Å². The third-order valence-corrected chi connectivity index (χ3v) is 3.79. The fourth-order valence-electron chi connectivity index (χ4n) is 1.69. The lowest BCUT2D eigenvalue weighted by Gasteiger charge is -2.16. The number of nitrogens with two attached hydrogens (primary N) is 1. The van der Waals surface area contributed by atoms with Gasteiger partial charge in [0.15, 0.2) is 0 Å². The van der Waals surface area contributed by atoms with Crippen molar-refractivity contribution in [3.63, 3.8) is 0 Å². The van der Waals surface area contributed by atoms with E-state index in [1.165, 1.54) is 11.3 Å². The summed E-state index contributed by atoms with van der Waals surface area (Å²) >= 11 is 7.05. The highest BCUT2D eigenvalue weighted by atomic mass is 35.5. The van der Waals surface area contributed by atoms with Crippen molar-refractivity contribution < 1.29 is 8.78 Å². The van der Waals surface area contributed by atoms with E-state index in [2.05, 4.69) is 5.43 Å². The lowest BCUT2D eigenvalue weighted by molar-refractivity contribution is 0.505. The number of halogens is 3. The van der Waals surface area contributed by atoms with Gasteiger partial charge in [-0.15, -0.1) is 11.3 Å². The second-order valence-corrected chi connectivity index (χ2v) is 5.23. The minimum Gasteiger partial charge on any atom is -0.271 e. The van der Waals surface area contributed by atoms with Crippen LogP contribution in [0.1, 0.15) is 16.5 Å². The molecule has 0 saturated heterocycles. The molecule has 1 unspecified atom stereocenters. The molecule has 0 radical (unpaired) electrons. The maximum absolute atomic E-state index is 13.8. The summed E-state index contributed by atoms with van der Waals surface area (Å²) in [6.07, 6.45) is 0.492. The molecule has 1 atom stereocenters. The zero-order chi connectivity index (χ0) is 13.1. The number of nitrogens with one attached hydrogen (secondary N) is 1. The van der Waals surface area contributed by atoms with Gasteiger partial charge in [0, 0.05) is 16.9 Å². The van der Waals surface area contributed by atoms with E-state index in [9.17, 15) is 8.78 Å². The maximum atomic E-state index is 13.8. The predicted molar refractivity (Wildman–Crippen MR) is 69.5 cm³/mol. The normalized spacial score (nSPS) is 12.7. The molecule has 1 aromatic heterocycles. The van der Waals surface area contributed by atoms with Crippen molar-refractivity contribution in [1.82, 2.24) is 5.43 Å². The first kappa shape index (κ1) is 13.4. The highest BCUT2D eigenvalue weighted by Crippen LogP contribution is 2.26. The first-order valence-electron chi connectivity index (χ1n) is 5.24. The predicted octanol–water partition coefficient (Wildman–Crippen LogP) is 3.43. The van der Waals surface area contributed by atoms with Gasteiger partial charge in [-0.1, -0.05) is 17.7 Å². The summed E-state index contributed by atoms with van der Waals surface area (Å²) in [5.74, 6) is 4.19. The zero-order valence-corrected chi connectivity index (χ0v) is 10.9. The molecule has 18 heavy (non-hydrogen) atoms.